The Kier molecular flexibility index (Phi) is 3.56. The number of nitrogens with zero attached hydrogens (tertiary/aromatic N) is 1. The summed E-state index contributed by atoms with van der Waals surface area (Å²) >= 11 is 0. The Bertz CT molecular complexity index is 532. The fraction of sp³-hybridized carbons (Fsp3) is 0.611. The highest BCUT2D eigenvalue weighted by molar-refractivity contribution is 5.96. The first-order chi connectivity index (χ1) is 9.88. The molecule has 0 saturated carbocycles. The highest BCUT2D eigenvalue weighted by Crippen LogP contribution is 2.38. The average molecular weight is 287 g/mol. The molecule has 0 spiro atoms. The maximum atomic E-state index is 13.1. The van der Waals surface area contributed by atoms with Crippen molar-refractivity contribution in [2.75, 3.05) is 0 Å². The second-order valence-electron chi connectivity index (χ2n) is 7.52. The van der Waals surface area contributed by atoms with E-state index in [1.807, 2.05) is 18.2 Å². The normalized spacial score (nSPS) is 28.8. The molecule has 2 heterocycles. The molecule has 114 valence electrons. The molecular formula is C18H25NO2. The number of carbonyl (C=O) groups excluding carboxylic acids is 1. The first-order valence-electron chi connectivity index (χ1n) is 7.98. The standard InChI is InChI=1S/C18H25NO2/c1-18(2,3)16-7-5-4-6-15(16)17(21)19-12-8-9-13(19)11-14(20)10-12/h4-7,12-14,20H,8-11H2,1-3H3. The third kappa shape index (κ3) is 2.59. The summed E-state index contributed by atoms with van der Waals surface area (Å²) in [6, 6.07) is 8.41. The van der Waals surface area contributed by atoms with Crippen molar-refractivity contribution in [3.8, 4) is 0 Å². The number of rotatable bonds is 1. The molecule has 2 atom stereocenters. The molecule has 3 rings (SSSR count). The second kappa shape index (κ2) is 5.13. The van der Waals surface area contributed by atoms with Gasteiger partial charge in [-0.15, -0.1) is 0 Å². The summed E-state index contributed by atoms with van der Waals surface area (Å²) in [6.07, 6.45) is 3.31. The first-order valence-corrected chi connectivity index (χ1v) is 7.98. The van der Waals surface area contributed by atoms with Crippen LogP contribution in [0.3, 0.4) is 0 Å². The zero-order valence-electron chi connectivity index (χ0n) is 13.2. The summed E-state index contributed by atoms with van der Waals surface area (Å²) in [5.74, 6) is 0.153. The topological polar surface area (TPSA) is 40.5 Å². The van der Waals surface area contributed by atoms with Gasteiger partial charge in [0.1, 0.15) is 0 Å². The monoisotopic (exact) mass is 287 g/mol. The third-order valence-corrected chi connectivity index (χ3v) is 4.91. The Morgan fingerprint density at radius 1 is 1.14 bits per heavy atom. The van der Waals surface area contributed by atoms with Crippen molar-refractivity contribution in [1.82, 2.24) is 4.90 Å². The van der Waals surface area contributed by atoms with E-state index in [9.17, 15) is 9.90 Å². The van der Waals surface area contributed by atoms with Gasteiger partial charge in [-0.3, -0.25) is 4.79 Å². The van der Waals surface area contributed by atoms with Gasteiger partial charge in [0.05, 0.1) is 6.10 Å². The second-order valence-corrected chi connectivity index (χ2v) is 7.52. The number of benzene rings is 1. The molecule has 2 aliphatic heterocycles. The number of carbonyl (C=O) groups is 1. The lowest BCUT2D eigenvalue weighted by Gasteiger charge is -2.38. The van der Waals surface area contributed by atoms with Crippen molar-refractivity contribution in [3.63, 3.8) is 0 Å². The number of aliphatic hydroxyl groups is 1. The zero-order chi connectivity index (χ0) is 15.2. The number of fused-ring (bicyclic) bond motifs is 2. The molecule has 2 fully saturated rings. The van der Waals surface area contributed by atoms with Crippen LogP contribution >= 0.6 is 0 Å². The summed E-state index contributed by atoms with van der Waals surface area (Å²) in [5.41, 5.74) is 1.90. The Hall–Kier alpha value is -1.35. The third-order valence-electron chi connectivity index (χ3n) is 4.91. The molecule has 2 bridgehead atoms. The molecule has 3 nitrogen and oxygen atoms in total. The number of hydrogen-bond acceptors (Lipinski definition) is 2. The fourth-order valence-electron chi connectivity index (χ4n) is 3.94. The van der Waals surface area contributed by atoms with Crippen LogP contribution in [0, 0.1) is 0 Å². The van der Waals surface area contributed by atoms with Gasteiger partial charge in [0.2, 0.25) is 0 Å². The van der Waals surface area contributed by atoms with E-state index in [0.29, 0.717) is 0 Å². The highest BCUT2D eigenvalue weighted by atomic mass is 16.3. The summed E-state index contributed by atoms with van der Waals surface area (Å²) in [4.78, 5) is 15.1. The predicted molar refractivity (Wildman–Crippen MR) is 83.4 cm³/mol. The van der Waals surface area contributed by atoms with Gasteiger partial charge in [-0.05, 0) is 42.7 Å². The van der Waals surface area contributed by atoms with E-state index in [1.54, 1.807) is 0 Å². The van der Waals surface area contributed by atoms with Crippen molar-refractivity contribution in [1.29, 1.82) is 0 Å². The molecule has 2 unspecified atom stereocenters. The molecule has 0 aliphatic carbocycles. The summed E-state index contributed by atoms with van der Waals surface area (Å²) in [5, 5.41) is 9.91. The largest absolute Gasteiger partial charge is 0.393 e. The van der Waals surface area contributed by atoms with Crippen molar-refractivity contribution in [2.45, 2.75) is 70.1 Å². The minimum absolute atomic E-state index is 0.0411. The van der Waals surface area contributed by atoms with Crippen LogP contribution in [0.25, 0.3) is 0 Å². The molecule has 2 aliphatic rings. The molecule has 21 heavy (non-hydrogen) atoms. The molecule has 1 aromatic rings. The summed E-state index contributed by atoms with van der Waals surface area (Å²) in [7, 11) is 0. The fourth-order valence-corrected chi connectivity index (χ4v) is 3.94. The van der Waals surface area contributed by atoms with Crippen molar-refractivity contribution in [3.05, 3.63) is 35.4 Å². The van der Waals surface area contributed by atoms with E-state index in [-0.39, 0.29) is 29.5 Å². The van der Waals surface area contributed by atoms with Crippen LogP contribution in [0.2, 0.25) is 0 Å². The minimum atomic E-state index is -0.232. The van der Waals surface area contributed by atoms with E-state index in [4.69, 9.17) is 0 Å². The highest BCUT2D eigenvalue weighted by Gasteiger charge is 2.43. The maximum Gasteiger partial charge on any atom is 0.254 e. The van der Waals surface area contributed by atoms with Crippen LogP contribution in [0.5, 0.6) is 0 Å². The van der Waals surface area contributed by atoms with Crippen molar-refractivity contribution < 1.29 is 9.90 Å². The van der Waals surface area contributed by atoms with Gasteiger partial charge in [0.15, 0.2) is 0 Å². The molecular weight excluding hydrogens is 262 g/mol. The van der Waals surface area contributed by atoms with E-state index < -0.39 is 0 Å². The Labute approximate surface area is 127 Å². The SMILES string of the molecule is CC(C)(C)c1ccccc1C(=O)N1C2CCC1CC(O)C2. The molecule has 1 amide bonds. The number of amides is 1. The molecule has 0 radical (unpaired) electrons. The van der Waals surface area contributed by atoms with Crippen LogP contribution in [-0.4, -0.2) is 34.1 Å². The van der Waals surface area contributed by atoms with Crippen LogP contribution in [0.1, 0.15) is 62.4 Å². The van der Waals surface area contributed by atoms with Gasteiger partial charge < -0.3 is 10.0 Å². The minimum Gasteiger partial charge on any atom is -0.393 e. The van der Waals surface area contributed by atoms with Crippen molar-refractivity contribution >= 4 is 5.91 Å². The average Bonchev–Trinajstić information content (AvgIpc) is 2.69. The van der Waals surface area contributed by atoms with Gasteiger partial charge in [0.25, 0.3) is 5.91 Å². The van der Waals surface area contributed by atoms with Gasteiger partial charge >= 0.3 is 0 Å². The quantitative estimate of drug-likeness (QED) is 0.862. The smallest absolute Gasteiger partial charge is 0.254 e. The lowest BCUT2D eigenvalue weighted by molar-refractivity contribution is 0.0285. The number of hydrogen-bond donors (Lipinski definition) is 1. The molecule has 1 aromatic carbocycles. The van der Waals surface area contributed by atoms with Crippen LogP contribution in [0.4, 0.5) is 0 Å². The number of piperidine rings is 1. The van der Waals surface area contributed by atoms with Gasteiger partial charge in [-0.1, -0.05) is 39.0 Å². The Morgan fingerprint density at radius 2 is 1.71 bits per heavy atom. The van der Waals surface area contributed by atoms with Gasteiger partial charge in [-0.25, -0.2) is 0 Å². The van der Waals surface area contributed by atoms with E-state index in [1.165, 1.54) is 0 Å². The summed E-state index contributed by atoms with van der Waals surface area (Å²) in [6.45, 7) is 6.44. The lowest BCUT2D eigenvalue weighted by atomic mass is 9.83. The summed E-state index contributed by atoms with van der Waals surface area (Å²) < 4.78 is 0. The molecule has 3 heteroatoms. The predicted octanol–water partition coefficient (Wildman–Crippen LogP) is 3.11. The molecule has 0 aromatic heterocycles. The molecule has 2 saturated heterocycles. The van der Waals surface area contributed by atoms with Crippen LogP contribution in [0.15, 0.2) is 24.3 Å². The van der Waals surface area contributed by atoms with Gasteiger partial charge in [0, 0.05) is 17.6 Å². The first kappa shape index (κ1) is 14.6. The maximum absolute atomic E-state index is 13.1. The van der Waals surface area contributed by atoms with E-state index in [0.717, 1.165) is 36.8 Å². The lowest BCUT2D eigenvalue weighted by Crippen LogP contribution is -2.48. The van der Waals surface area contributed by atoms with E-state index >= 15 is 0 Å². The van der Waals surface area contributed by atoms with Crippen LogP contribution in [-0.2, 0) is 5.41 Å². The van der Waals surface area contributed by atoms with E-state index in [2.05, 4.69) is 31.7 Å². The molecule has 1 N–H and O–H groups in total. The van der Waals surface area contributed by atoms with Crippen molar-refractivity contribution in [2.24, 2.45) is 0 Å². The Morgan fingerprint density at radius 3 is 2.29 bits per heavy atom. The number of aliphatic hydroxyl groups excluding tert-OH is 1. The van der Waals surface area contributed by atoms with Crippen LogP contribution < -0.4 is 0 Å². The zero-order valence-corrected chi connectivity index (χ0v) is 13.2. The Balaban J connectivity index is 1.94. The van der Waals surface area contributed by atoms with Gasteiger partial charge in [-0.2, -0.15) is 0 Å².